The van der Waals surface area contributed by atoms with Crippen LogP contribution >= 0.6 is 0 Å². The summed E-state index contributed by atoms with van der Waals surface area (Å²) in [5, 5.41) is 3.64. The average molecular weight is 355 g/mol. The third-order valence-corrected chi connectivity index (χ3v) is 5.86. The Bertz CT molecular complexity index is 1250. The molecule has 134 valence electrons. The van der Waals surface area contributed by atoms with Crippen LogP contribution in [0.2, 0.25) is 0 Å². The molecule has 0 atom stereocenters. The molecule has 27 heavy (non-hydrogen) atoms. The van der Waals surface area contributed by atoms with Crippen LogP contribution in [0.3, 0.4) is 0 Å². The Labute approximate surface area is 159 Å². The zero-order valence-corrected chi connectivity index (χ0v) is 16.4. The van der Waals surface area contributed by atoms with E-state index in [1.165, 1.54) is 38.7 Å². The smallest absolute Gasteiger partial charge is 0.287 e. The predicted octanol–water partition coefficient (Wildman–Crippen LogP) is 5.73. The van der Waals surface area contributed by atoms with Crippen molar-refractivity contribution in [3.8, 4) is 22.8 Å². The van der Waals surface area contributed by atoms with Crippen molar-refractivity contribution in [2.24, 2.45) is 7.05 Å². The van der Waals surface area contributed by atoms with Crippen molar-refractivity contribution in [2.75, 3.05) is 0 Å². The van der Waals surface area contributed by atoms with Gasteiger partial charge in [-0.3, -0.25) is 0 Å². The van der Waals surface area contributed by atoms with Crippen molar-refractivity contribution in [3.05, 3.63) is 59.4 Å². The van der Waals surface area contributed by atoms with Gasteiger partial charge in [0.05, 0.1) is 12.6 Å². The molecule has 1 aromatic heterocycles. The van der Waals surface area contributed by atoms with E-state index in [1.807, 2.05) is 6.33 Å². The molecular formula is C24H23N2O+. The van der Waals surface area contributed by atoms with Crippen molar-refractivity contribution >= 4 is 21.7 Å². The van der Waals surface area contributed by atoms with Crippen LogP contribution in [0, 0.1) is 13.8 Å². The largest absolute Gasteiger partial charge is 0.455 e. The molecular weight excluding hydrogens is 332 g/mol. The Morgan fingerprint density at radius 2 is 1.70 bits per heavy atom. The number of rotatable bonds is 1. The molecule has 0 bridgehead atoms. The topological polar surface area (TPSA) is 26.0 Å². The number of fused-ring (bicyclic) bond motifs is 3. The van der Waals surface area contributed by atoms with E-state index in [2.05, 4.69) is 75.7 Å². The quantitative estimate of drug-likeness (QED) is 0.359. The Kier molecular flexibility index (Phi) is 3.33. The second kappa shape index (κ2) is 5.53. The molecule has 1 aliphatic heterocycles. The molecule has 0 N–H and O–H groups in total. The lowest BCUT2D eigenvalue weighted by molar-refractivity contribution is -0.662. The number of aryl methyl sites for hydroxylation is 3. The van der Waals surface area contributed by atoms with Gasteiger partial charge in [-0.05, 0) is 58.8 Å². The van der Waals surface area contributed by atoms with Crippen molar-refractivity contribution in [1.82, 2.24) is 4.98 Å². The second-order valence-corrected chi connectivity index (χ2v) is 7.87. The van der Waals surface area contributed by atoms with E-state index in [0.29, 0.717) is 5.92 Å². The standard InChI is InChI=1S/C24H23N2O/c1-13(2)16-10-19-22-20(11-16)27-24-15(4)18-9-7-6-8-17(18)14(3)21(24)23(22)26(5)12-25-19/h6-13H,1-5H3/q+1. The molecule has 1 aliphatic rings. The Morgan fingerprint density at radius 3 is 2.41 bits per heavy atom. The third-order valence-electron chi connectivity index (χ3n) is 5.86. The minimum absolute atomic E-state index is 0.425. The fourth-order valence-electron chi connectivity index (χ4n) is 4.33. The molecule has 0 amide bonds. The summed E-state index contributed by atoms with van der Waals surface area (Å²) in [7, 11) is 2.07. The maximum absolute atomic E-state index is 6.56. The van der Waals surface area contributed by atoms with E-state index in [4.69, 9.17) is 9.72 Å². The van der Waals surface area contributed by atoms with E-state index in [-0.39, 0.29) is 0 Å². The zero-order valence-electron chi connectivity index (χ0n) is 16.4. The van der Waals surface area contributed by atoms with Gasteiger partial charge in [0.25, 0.3) is 6.33 Å². The van der Waals surface area contributed by atoms with Crippen molar-refractivity contribution in [3.63, 3.8) is 0 Å². The summed E-state index contributed by atoms with van der Waals surface area (Å²) >= 11 is 0. The van der Waals surface area contributed by atoms with Gasteiger partial charge in [-0.2, -0.15) is 0 Å². The van der Waals surface area contributed by atoms with Crippen LogP contribution in [0.15, 0.2) is 42.7 Å². The summed E-state index contributed by atoms with van der Waals surface area (Å²) in [5.41, 5.74) is 7.08. The number of aromatic nitrogens is 2. The first-order valence-electron chi connectivity index (χ1n) is 9.49. The number of hydrogen-bond acceptors (Lipinski definition) is 2. The molecule has 2 heterocycles. The van der Waals surface area contributed by atoms with Crippen molar-refractivity contribution in [1.29, 1.82) is 0 Å². The Morgan fingerprint density at radius 1 is 1.00 bits per heavy atom. The highest BCUT2D eigenvalue weighted by atomic mass is 16.5. The summed E-state index contributed by atoms with van der Waals surface area (Å²) in [6, 6.07) is 13.0. The third kappa shape index (κ3) is 2.14. The normalized spacial score (nSPS) is 12.5. The fraction of sp³-hybridized carbons (Fsp3) is 0.250. The fourth-order valence-corrected chi connectivity index (χ4v) is 4.33. The van der Waals surface area contributed by atoms with Crippen LogP contribution in [-0.2, 0) is 7.05 Å². The van der Waals surface area contributed by atoms with E-state index in [9.17, 15) is 0 Å². The van der Waals surface area contributed by atoms with E-state index >= 15 is 0 Å². The minimum atomic E-state index is 0.425. The molecule has 0 aliphatic carbocycles. The van der Waals surface area contributed by atoms with Crippen LogP contribution in [-0.4, -0.2) is 4.98 Å². The van der Waals surface area contributed by atoms with Gasteiger partial charge in [0, 0.05) is 5.56 Å². The molecule has 0 saturated carbocycles. The molecule has 0 saturated heterocycles. The van der Waals surface area contributed by atoms with Crippen LogP contribution in [0.4, 0.5) is 0 Å². The van der Waals surface area contributed by atoms with E-state index < -0.39 is 0 Å². The molecule has 4 aromatic rings. The second-order valence-electron chi connectivity index (χ2n) is 7.87. The monoisotopic (exact) mass is 355 g/mol. The van der Waals surface area contributed by atoms with Crippen LogP contribution in [0.25, 0.3) is 32.9 Å². The molecule has 0 fully saturated rings. The maximum Gasteiger partial charge on any atom is 0.287 e. The first-order valence-corrected chi connectivity index (χ1v) is 9.49. The van der Waals surface area contributed by atoms with Gasteiger partial charge in [-0.15, -0.1) is 0 Å². The summed E-state index contributed by atoms with van der Waals surface area (Å²) in [5.74, 6) is 2.32. The van der Waals surface area contributed by atoms with Crippen LogP contribution < -0.4 is 9.30 Å². The van der Waals surface area contributed by atoms with Crippen molar-refractivity contribution < 1.29 is 9.30 Å². The highest BCUT2D eigenvalue weighted by molar-refractivity contribution is 6.05. The first-order chi connectivity index (χ1) is 13.0. The van der Waals surface area contributed by atoms with Crippen LogP contribution in [0.5, 0.6) is 11.5 Å². The summed E-state index contributed by atoms with van der Waals surface area (Å²) in [6.07, 6.45) is 1.92. The average Bonchev–Trinajstić information content (AvgIpc) is 2.67. The molecule has 3 aromatic carbocycles. The lowest BCUT2D eigenvalue weighted by Crippen LogP contribution is -2.33. The predicted molar refractivity (Wildman–Crippen MR) is 109 cm³/mol. The molecule has 3 nitrogen and oxygen atoms in total. The maximum atomic E-state index is 6.56. The molecule has 0 unspecified atom stereocenters. The van der Waals surface area contributed by atoms with Crippen molar-refractivity contribution in [2.45, 2.75) is 33.6 Å². The van der Waals surface area contributed by atoms with Crippen LogP contribution in [0.1, 0.15) is 36.5 Å². The summed E-state index contributed by atoms with van der Waals surface area (Å²) in [4.78, 5) is 4.70. The Balaban J connectivity index is 1.98. The molecule has 3 heteroatoms. The summed E-state index contributed by atoms with van der Waals surface area (Å²) in [6.45, 7) is 8.77. The highest BCUT2D eigenvalue weighted by Crippen LogP contribution is 2.50. The van der Waals surface area contributed by atoms with E-state index in [1.54, 1.807) is 0 Å². The van der Waals surface area contributed by atoms with Gasteiger partial charge in [0.1, 0.15) is 16.9 Å². The molecule has 5 rings (SSSR count). The van der Waals surface area contributed by atoms with Gasteiger partial charge in [-0.25, -0.2) is 4.57 Å². The lowest BCUT2D eigenvalue weighted by Gasteiger charge is -2.25. The lowest BCUT2D eigenvalue weighted by atomic mass is 9.89. The number of ether oxygens (including phenoxy) is 1. The van der Waals surface area contributed by atoms with E-state index in [0.717, 1.165) is 22.4 Å². The number of nitrogens with zero attached hydrogens (tertiary/aromatic N) is 2. The number of hydrogen-bond donors (Lipinski definition) is 0. The van der Waals surface area contributed by atoms with Gasteiger partial charge in [0.15, 0.2) is 11.2 Å². The SMILES string of the molecule is Cc1c2c(c(C)c3ccccc13)-c1c3c(cc(C(C)C)cc3nc[n+]1C)O2. The Hall–Kier alpha value is -2.94. The summed E-state index contributed by atoms with van der Waals surface area (Å²) < 4.78 is 8.69. The van der Waals surface area contributed by atoms with Gasteiger partial charge in [-0.1, -0.05) is 38.1 Å². The number of benzene rings is 3. The minimum Gasteiger partial charge on any atom is -0.455 e. The van der Waals surface area contributed by atoms with Gasteiger partial charge < -0.3 is 4.74 Å². The first kappa shape index (κ1) is 16.2. The molecule has 0 radical (unpaired) electrons. The van der Waals surface area contributed by atoms with Gasteiger partial charge >= 0.3 is 0 Å². The van der Waals surface area contributed by atoms with Gasteiger partial charge in [0.2, 0.25) is 0 Å². The highest BCUT2D eigenvalue weighted by Gasteiger charge is 2.31. The molecule has 0 spiro atoms. The zero-order chi connectivity index (χ0) is 18.9.